The lowest BCUT2D eigenvalue weighted by molar-refractivity contribution is -0.132. The van der Waals surface area contributed by atoms with E-state index >= 15 is 0 Å². The average Bonchev–Trinajstić information content (AvgIpc) is 3.38. The maximum Gasteiger partial charge on any atom is 0.249 e. The second-order valence-corrected chi connectivity index (χ2v) is 21.4. The maximum absolute atomic E-state index is 12.6. The highest BCUT2D eigenvalue weighted by Crippen LogP contribution is 2.17. The molecular formula is C65H121NO5. The van der Waals surface area contributed by atoms with Gasteiger partial charge in [-0.05, 0) is 96.3 Å². The molecule has 0 aromatic carbocycles. The number of rotatable bonds is 57. The fraction of sp³-hybridized carbons (Fsp3) is 0.831. The summed E-state index contributed by atoms with van der Waals surface area (Å²) in [5, 5.41) is 44.1. The van der Waals surface area contributed by atoms with Crippen LogP contribution in [0.2, 0.25) is 0 Å². The predicted molar refractivity (Wildman–Crippen MR) is 311 cm³/mol. The van der Waals surface area contributed by atoms with Crippen molar-refractivity contribution in [3.63, 3.8) is 0 Å². The van der Waals surface area contributed by atoms with Crippen LogP contribution in [-0.4, -0.2) is 57.3 Å². The molecule has 6 heteroatoms. The van der Waals surface area contributed by atoms with E-state index in [1.165, 1.54) is 225 Å². The van der Waals surface area contributed by atoms with E-state index in [2.05, 4.69) is 79.9 Å². The van der Waals surface area contributed by atoms with Gasteiger partial charge in [-0.15, -0.1) is 0 Å². The van der Waals surface area contributed by atoms with E-state index < -0.39 is 36.9 Å². The van der Waals surface area contributed by atoms with Gasteiger partial charge in [-0.2, -0.15) is 0 Å². The summed E-state index contributed by atoms with van der Waals surface area (Å²) in [6.45, 7) is 4.07. The number of allylic oxidation sites excluding steroid dienone is 10. The summed E-state index contributed by atoms with van der Waals surface area (Å²) < 4.78 is 0. The average molecular weight is 997 g/mol. The first-order valence-electron chi connectivity index (χ1n) is 31.2. The lowest BCUT2D eigenvalue weighted by Gasteiger charge is -2.27. The number of carbonyl (C=O) groups is 1. The summed E-state index contributed by atoms with van der Waals surface area (Å²) in [5.74, 6) is -0.599. The maximum atomic E-state index is 12.6. The van der Waals surface area contributed by atoms with Crippen molar-refractivity contribution in [2.24, 2.45) is 0 Å². The van der Waals surface area contributed by atoms with E-state index in [0.29, 0.717) is 19.3 Å². The Bertz CT molecular complexity index is 1210. The van der Waals surface area contributed by atoms with Gasteiger partial charge >= 0.3 is 0 Å². The van der Waals surface area contributed by atoms with Crippen LogP contribution in [0.5, 0.6) is 0 Å². The van der Waals surface area contributed by atoms with Crippen LogP contribution in [0.25, 0.3) is 0 Å². The number of hydrogen-bond donors (Lipinski definition) is 5. The van der Waals surface area contributed by atoms with Crippen LogP contribution in [0, 0.1) is 0 Å². The van der Waals surface area contributed by atoms with Crippen LogP contribution < -0.4 is 5.32 Å². The summed E-state index contributed by atoms with van der Waals surface area (Å²) in [5.41, 5.74) is 0. The molecule has 0 aliphatic rings. The molecule has 0 radical (unpaired) electrons. The lowest BCUT2D eigenvalue weighted by Crippen LogP contribution is -2.53. The highest BCUT2D eigenvalue weighted by atomic mass is 16.3. The first-order valence-corrected chi connectivity index (χ1v) is 31.2. The molecule has 0 spiro atoms. The van der Waals surface area contributed by atoms with Gasteiger partial charge in [-0.1, -0.05) is 280 Å². The molecule has 6 nitrogen and oxygen atoms in total. The van der Waals surface area contributed by atoms with Crippen LogP contribution in [-0.2, 0) is 4.79 Å². The van der Waals surface area contributed by atoms with Crippen molar-refractivity contribution in [2.75, 3.05) is 6.61 Å². The molecule has 1 amide bonds. The van der Waals surface area contributed by atoms with Crippen LogP contribution in [0.3, 0.4) is 0 Å². The molecule has 0 bridgehead atoms. The van der Waals surface area contributed by atoms with Crippen molar-refractivity contribution in [2.45, 2.75) is 340 Å². The second-order valence-electron chi connectivity index (χ2n) is 21.4. The zero-order valence-electron chi connectivity index (χ0n) is 47.2. The first kappa shape index (κ1) is 69.0. The SMILES string of the molecule is CCCCCCCCCCC/C=C\C/C=C\CCCCCCCCCCCCCCC(O)C(=O)NC(CO)C(O)C(O)CCC/C=C/CC/C=C/CC/C=C/CCCCCCCCCCCCCCCC. The first-order chi connectivity index (χ1) is 35.0. The van der Waals surface area contributed by atoms with Gasteiger partial charge in [0.25, 0.3) is 0 Å². The molecule has 0 saturated carbocycles. The summed E-state index contributed by atoms with van der Waals surface area (Å²) in [6, 6.07) is -1.02. The van der Waals surface area contributed by atoms with E-state index in [0.717, 1.165) is 57.8 Å². The van der Waals surface area contributed by atoms with Crippen molar-refractivity contribution in [1.82, 2.24) is 5.32 Å². The zero-order valence-corrected chi connectivity index (χ0v) is 47.2. The van der Waals surface area contributed by atoms with E-state index in [9.17, 15) is 25.2 Å². The molecule has 5 N–H and O–H groups in total. The van der Waals surface area contributed by atoms with Gasteiger partial charge < -0.3 is 25.7 Å². The third-order valence-corrected chi connectivity index (χ3v) is 14.4. The Balaban J connectivity index is 3.69. The summed E-state index contributed by atoms with van der Waals surface area (Å²) >= 11 is 0. The monoisotopic (exact) mass is 996 g/mol. The topological polar surface area (TPSA) is 110 Å². The van der Waals surface area contributed by atoms with Gasteiger partial charge in [0.1, 0.15) is 12.2 Å². The Labute approximate surface area is 442 Å². The number of aliphatic hydroxyl groups excluding tert-OH is 4. The second kappa shape index (κ2) is 58.9. The van der Waals surface area contributed by atoms with Crippen LogP contribution in [0.15, 0.2) is 60.8 Å². The fourth-order valence-corrected chi connectivity index (χ4v) is 9.53. The number of aliphatic hydroxyl groups is 4. The number of carbonyl (C=O) groups excluding carboxylic acids is 1. The van der Waals surface area contributed by atoms with Gasteiger partial charge in [-0.3, -0.25) is 4.79 Å². The molecule has 0 fully saturated rings. The minimum atomic E-state index is -1.30. The molecule has 0 saturated heterocycles. The number of unbranched alkanes of at least 4 members (excludes halogenated alkanes) is 38. The molecule has 416 valence electrons. The molecule has 0 aliphatic heterocycles. The smallest absolute Gasteiger partial charge is 0.249 e. The van der Waals surface area contributed by atoms with Crippen LogP contribution in [0.4, 0.5) is 0 Å². The van der Waals surface area contributed by atoms with E-state index in [-0.39, 0.29) is 0 Å². The predicted octanol–water partition coefficient (Wildman–Crippen LogP) is 18.7. The lowest BCUT2D eigenvalue weighted by atomic mass is 10.00. The standard InChI is InChI=1S/C65H121NO5/c1-3-5-7-9-11-13-15-17-19-21-23-25-27-29-31-33-35-37-39-41-43-45-47-49-51-53-55-57-59-63(69)65(71)66-61(60-67)64(70)62(68)58-56-54-52-50-48-46-44-42-40-38-36-34-32-30-28-26-24-22-20-18-16-14-12-10-8-6-4-2/h23,25,29,31,34,36,42,44,50,52,61-64,67-70H,3-22,24,26-28,30,32-33,35,37-41,43,45-49,51,53-60H2,1-2H3,(H,66,71)/b25-23-,31-29-,36-34+,44-42+,52-50+. The van der Waals surface area contributed by atoms with E-state index in [1.54, 1.807) is 0 Å². The molecule has 71 heavy (non-hydrogen) atoms. The van der Waals surface area contributed by atoms with E-state index in [1.807, 2.05) is 0 Å². The largest absolute Gasteiger partial charge is 0.394 e. The Hall–Kier alpha value is -1.99. The molecule has 0 heterocycles. The summed E-state index contributed by atoms with van der Waals surface area (Å²) in [7, 11) is 0. The minimum absolute atomic E-state index is 0.355. The normalized spacial score (nSPS) is 14.1. The van der Waals surface area contributed by atoms with Crippen molar-refractivity contribution < 1.29 is 25.2 Å². The molecule has 4 atom stereocenters. The van der Waals surface area contributed by atoms with E-state index in [4.69, 9.17) is 0 Å². The molecule has 0 aromatic heterocycles. The highest BCUT2D eigenvalue weighted by Gasteiger charge is 2.28. The van der Waals surface area contributed by atoms with Crippen molar-refractivity contribution in [3.05, 3.63) is 60.8 Å². The molecule has 0 aliphatic carbocycles. The van der Waals surface area contributed by atoms with Gasteiger partial charge in [0.2, 0.25) is 5.91 Å². The van der Waals surface area contributed by atoms with Crippen molar-refractivity contribution in [3.8, 4) is 0 Å². The van der Waals surface area contributed by atoms with Crippen molar-refractivity contribution >= 4 is 5.91 Å². The molecular weight excluding hydrogens is 875 g/mol. The van der Waals surface area contributed by atoms with Crippen LogP contribution in [0.1, 0.15) is 316 Å². The zero-order chi connectivity index (χ0) is 51.6. The third-order valence-electron chi connectivity index (χ3n) is 14.4. The third kappa shape index (κ3) is 52.7. The quantitative estimate of drug-likeness (QED) is 0.0308. The van der Waals surface area contributed by atoms with Crippen molar-refractivity contribution in [1.29, 1.82) is 0 Å². The summed E-state index contributed by atoms with van der Waals surface area (Å²) in [6.07, 6.45) is 77.4. The van der Waals surface area contributed by atoms with Gasteiger partial charge in [0, 0.05) is 0 Å². The summed E-state index contributed by atoms with van der Waals surface area (Å²) in [4.78, 5) is 12.6. The number of hydrogen-bond acceptors (Lipinski definition) is 5. The highest BCUT2D eigenvalue weighted by molar-refractivity contribution is 5.80. The van der Waals surface area contributed by atoms with Gasteiger partial charge in [-0.25, -0.2) is 0 Å². The Morgan fingerprint density at radius 2 is 0.634 bits per heavy atom. The Morgan fingerprint density at radius 1 is 0.352 bits per heavy atom. The number of amides is 1. The molecule has 4 unspecified atom stereocenters. The molecule has 0 rings (SSSR count). The minimum Gasteiger partial charge on any atom is -0.394 e. The van der Waals surface area contributed by atoms with Crippen LogP contribution >= 0.6 is 0 Å². The fourth-order valence-electron chi connectivity index (χ4n) is 9.53. The Kier molecular flexibility index (Phi) is 57.2. The Morgan fingerprint density at radius 3 is 0.972 bits per heavy atom. The molecule has 0 aromatic rings. The van der Waals surface area contributed by atoms with Gasteiger partial charge in [0.05, 0.1) is 18.8 Å². The van der Waals surface area contributed by atoms with Gasteiger partial charge in [0.15, 0.2) is 0 Å². The number of nitrogens with one attached hydrogen (secondary N) is 1.